The van der Waals surface area contributed by atoms with Crippen LogP contribution in [0.5, 0.6) is 5.75 Å². The quantitative estimate of drug-likeness (QED) is 0.849. The summed E-state index contributed by atoms with van der Waals surface area (Å²) in [5.74, 6) is 1.14. The van der Waals surface area contributed by atoms with E-state index in [-0.39, 0.29) is 18.2 Å². The number of nitrogens with zero attached hydrogens (tertiary/aromatic N) is 1. The van der Waals surface area contributed by atoms with Crippen LogP contribution in [0.3, 0.4) is 0 Å². The zero-order valence-corrected chi connectivity index (χ0v) is 12.6. The van der Waals surface area contributed by atoms with Gasteiger partial charge in [-0.2, -0.15) is 0 Å². The van der Waals surface area contributed by atoms with Crippen molar-refractivity contribution in [3.63, 3.8) is 0 Å². The normalized spacial score (nSPS) is 11.1. The first-order valence-electron chi connectivity index (χ1n) is 7.08. The summed E-state index contributed by atoms with van der Waals surface area (Å²) in [6.07, 6.45) is 0. The highest BCUT2D eigenvalue weighted by atomic mass is 19.1. The van der Waals surface area contributed by atoms with Crippen LogP contribution in [0.4, 0.5) is 4.39 Å². The Bertz CT molecular complexity index is 581. The van der Waals surface area contributed by atoms with Gasteiger partial charge in [0.25, 0.3) is 0 Å². The highest BCUT2D eigenvalue weighted by molar-refractivity contribution is 5.29. The number of aryl methyl sites for hydroxylation is 1. The van der Waals surface area contributed by atoms with Crippen LogP contribution in [-0.4, -0.2) is 11.7 Å². The molecule has 0 saturated heterocycles. The standard InChI is InChI=1S/C16H21FN2O2/c1-11(2)8-18-9-13-4-5-16(15(17)7-13)20-10-14-6-12(3)21-19-14/h4-7,11,18H,8-10H2,1-3H3. The average molecular weight is 292 g/mol. The minimum atomic E-state index is -0.362. The first kappa shape index (κ1) is 15.5. The summed E-state index contributed by atoms with van der Waals surface area (Å²) in [5, 5.41) is 7.08. The van der Waals surface area contributed by atoms with E-state index in [1.807, 2.05) is 6.07 Å². The maximum atomic E-state index is 13.9. The van der Waals surface area contributed by atoms with Crippen LogP contribution in [0.15, 0.2) is 28.8 Å². The van der Waals surface area contributed by atoms with Gasteiger partial charge in [0, 0.05) is 12.6 Å². The van der Waals surface area contributed by atoms with E-state index in [0.29, 0.717) is 23.9 Å². The second-order valence-electron chi connectivity index (χ2n) is 5.51. The third kappa shape index (κ3) is 4.86. The molecule has 5 heteroatoms. The Morgan fingerprint density at radius 2 is 2.14 bits per heavy atom. The van der Waals surface area contributed by atoms with Crippen molar-refractivity contribution in [2.24, 2.45) is 5.92 Å². The molecule has 0 atom stereocenters. The van der Waals surface area contributed by atoms with E-state index in [1.165, 1.54) is 6.07 Å². The zero-order valence-electron chi connectivity index (χ0n) is 12.6. The molecular weight excluding hydrogens is 271 g/mol. The van der Waals surface area contributed by atoms with Crippen molar-refractivity contribution in [2.75, 3.05) is 6.54 Å². The Balaban J connectivity index is 1.89. The molecule has 0 bridgehead atoms. The summed E-state index contributed by atoms with van der Waals surface area (Å²) in [4.78, 5) is 0. The number of rotatable bonds is 7. The lowest BCUT2D eigenvalue weighted by Gasteiger charge is -2.09. The molecule has 1 aromatic carbocycles. The summed E-state index contributed by atoms with van der Waals surface area (Å²) < 4.78 is 24.3. The van der Waals surface area contributed by atoms with Crippen LogP contribution < -0.4 is 10.1 Å². The number of hydrogen-bond donors (Lipinski definition) is 1. The van der Waals surface area contributed by atoms with Gasteiger partial charge in [0.15, 0.2) is 11.6 Å². The van der Waals surface area contributed by atoms with Crippen LogP contribution in [0.25, 0.3) is 0 Å². The van der Waals surface area contributed by atoms with Gasteiger partial charge in [0.2, 0.25) is 0 Å². The van der Waals surface area contributed by atoms with Gasteiger partial charge in [-0.05, 0) is 37.1 Å². The SMILES string of the molecule is Cc1cc(COc2ccc(CNCC(C)C)cc2F)no1. The Hall–Kier alpha value is -1.88. The summed E-state index contributed by atoms with van der Waals surface area (Å²) in [5.41, 5.74) is 1.55. The molecule has 0 aliphatic rings. The smallest absolute Gasteiger partial charge is 0.165 e. The maximum absolute atomic E-state index is 13.9. The minimum absolute atomic E-state index is 0.194. The lowest BCUT2D eigenvalue weighted by molar-refractivity contribution is 0.275. The Labute approximate surface area is 124 Å². The van der Waals surface area contributed by atoms with Crippen molar-refractivity contribution in [3.8, 4) is 5.75 Å². The van der Waals surface area contributed by atoms with Crippen molar-refractivity contribution in [3.05, 3.63) is 47.1 Å². The molecular formula is C16H21FN2O2. The average Bonchev–Trinajstić information content (AvgIpc) is 2.83. The van der Waals surface area contributed by atoms with E-state index in [1.54, 1.807) is 19.1 Å². The molecule has 0 fully saturated rings. The highest BCUT2D eigenvalue weighted by Gasteiger charge is 2.07. The van der Waals surface area contributed by atoms with E-state index in [4.69, 9.17) is 9.26 Å². The lowest BCUT2D eigenvalue weighted by atomic mass is 10.2. The number of aromatic nitrogens is 1. The summed E-state index contributed by atoms with van der Waals surface area (Å²) >= 11 is 0. The monoisotopic (exact) mass is 292 g/mol. The second-order valence-corrected chi connectivity index (χ2v) is 5.51. The molecule has 0 saturated carbocycles. The Kier molecular flexibility index (Phi) is 5.33. The minimum Gasteiger partial charge on any atom is -0.484 e. The number of halogens is 1. The highest BCUT2D eigenvalue weighted by Crippen LogP contribution is 2.19. The van der Waals surface area contributed by atoms with E-state index in [0.717, 1.165) is 12.1 Å². The first-order valence-corrected chi connectivity index (χ1v) is 7.08. The summed E-state index contributed by atoms with van der Waals surface area (Å²) in [7, 11) is 0. The molecule has 0 radical (unpaired) electrons. The van der Waals surface area contributed by atoms with Crippen molar-refractivity contribution in [2.45, 2.75) is 33.9 Å². The van der Waals surface area contributed by atoms with Gasteiger partial charge < -0.3 is 14.6 Å². The van der Waals surface area contributed by atoms with Gasteiger partial charge in [-0.1, -0.05) is 25.1 Å². The van der Waals surface area contributed by atoms with Crippen LogP contribution >= 0.6 is 0 Å². The molecule has 0 unspecified atom stereocenters. The molecule has 4 nitrogen and oxygen atoms in total. The van der Waals surface area contributed by atoms with Crippen LogP contribution in [-0.2, 0) is 13.2 Å². The van der Waals surface area contributed by atoms with Gasteiger partial charge in [-0.25, -0.2) is 4.39 Å². The van der Waals surface area contributed by atoms with Crippen molar-refractivity contribution in [1.29, 1.82) is 0 Å². The van der Waals surface area contributed by atoms with Gasteiger partial charge in [-0.15, -0.1) is 0 Å². The van der Waals surface area contributed by atoms with Crippen molar-refractivity contribution >= 4 is 0 Å². The van der Waals surface area contributed by atoms with Crippen molar-refractivity contribution in [1.82, 2.24) is 10.5 Å². The van der Waals surface area contributed by atoms with Crippen molar-refractivity contribution < 1.29 is 13.7 Å². The number of benzene rings is 1. The lowest BCUT2D eigenvalue weighted by Crippen LogP contribution is -2.19. The number of ether oxygens (including phenoxy) is 1. The molecule has 0 spiro atoms. The molecule has 21 heavy (non-hydrogen) atoms. The first-order chi connectivity index (χ1) is 10.0. The fourth-order valence-electron chi connectivity index (χ4n) is 1.91. The topological polar surface area (TPSA) is 47.3 Å². The largest absolute Gasteiger partial charge is 0.484 e. The molecule has 1 heterocycles. The van der Waals surface area contributed by atoms with E-state index in [9.17, 15) is 4.39 Å². The van der Waals surface area contributed by atoms with E-state index in [2.05, 4.69) is 24.3 Å². The molecule has 2 rings (SSSR count). The zero-order chi connectivity index (χ0) is 15.2. The van der Waals surface area contributed by atoms with Crippen LogP contribution in [0.1, 0.15) is 30.9 Å². The fourth-order valence-corrected chi connectivity index (χ4v) is 1.91. The Morgan fingerprint density at radius 3 is 2.76 bits per heavy atom. The van der Waals surface area contributed by atoms with Crippen LogP contribution in [0, 0.1) is 18.7 Å². The van der Waals surface area contributed by atoms with Gasteiger partial charge >= 0.3 is 0 Å². The number of nitrogens with one attached hydrogen (secondary N) is 1. The number of hydrogen-bond acceptors (Lipinski definition) is 4. The Morgan fingerprint density at radius 1 is 1.33 bits per heavy atom. The molecule has 1 N–H and O–H groups in total. The van der Waals surface area contributed by atoms with E-state index >= 15 is 0 Å². The molecule has 114 valence electrons. The van der Waals surface area contributed by atoms with Crippen LogP contribution in [0.2, 0.25) is 0 Å². The third-order valence-electron chi connectivity index (χ3n) is 2.93. The molecule has 2 aromatic rings. The third-order valence-corrected chi connectivity index (χ3v) is 2.93. The second kappa shape index (κ2) is 7.22. The van der Waals surface area contributed by atoms with Gasteiger partial charge in [-0.3, -0.25) is 0 Å². The molecule has 0 aliphatic heterocycles. The maximum Gasteiger partial charge on any atom is 0.165 e. The molecule has 0 amide bonds. The predicted octanol–water partition coefficient (Wildman–Crippen LogP) is 3.45. The van der Waals surface area contributed by atoms with E-state index < -0.39 is 0 Å². The summed E-state index contributed by atoms with van der Waals surface area (Å²) in [6, 6.07) is 6.77. The summed E-state index contributed by atoms with van der Waals surface area (Å²) in [6.45, 7) is 7.82. The predicted molar refractivity (Wildman–Crippen MR) is 78.5 cm³/mol. The molecule has 1 aromatic heterocycles. The van der Waals surface area contributed by atoms with Gasteiger partial charge in [0.1, 0.15) is 18.1 Å². The van der Waals surface area contributed by atoms with Gasteiger partial charge in [0.05, 0.1) is 0 Å². The molecule has 0 aliphatic carbocycles. The fraction of sp³-hybridized carbons (Fsp3) is 0.438.